The van der Waals surface area contributed by atoms with Crippen LogP contribution >= 0.6 is 0 Å². The topological polar surface area (TPSA) is 51.1 Å². The summed E-state index contributed by atoms with van der Waals surface area (Å²) < 4.78 is 5.51. The van der Waals surface area contributed by atoms with Gasteiger partial charge >= 0.3 is 0 Å². The summed E-state index contributed by atoms with van der Waals surface area (Å²) in [6.45, 7) is 7.46. The average molecular weight is 369 g/mol. The Morgan fingerprint density at radius 3 is 2.44 bits per heavy atom. The molecule has 1 aliphatic carbocycles. The molecule has 1 aromatic rings. The van der Waals surface area contributed by atoms with Crippen LogP contribution in [0.5, 0.6) is 0 Å². The maximum atomic E-state index is 13.3. The molecule has 1 N–H and O–H groups in total. The van der Waals surface area contributed by atoms with Crippen LogP contribution in [0.15, 0.2) is 30.0 Å². The van der Waals surface area contributed by atoms with Crippen LogP contribution in [0.4, 0.5) is 5.69 Å². The molecule has 2 atom stereocenters. The van der Waals surface area contributed by atoms with Crippen molar-refractivity contribution < 1.29 is 19.2 Å². The molecule has 0 saturated carbocycles. The van der Waals surface area contributed by atoms with Gasteiger partial charge in [0.1, 0.15) is 18.8 Å². The van der Waals surface area contributed by atoms with Crippen molar-refractivity contribution in [3.05, 3.63) is 41.1 Å². The second kappa shape index (κ2) is 7.56. The third-order valence-corrected chi connectivity index (χ3v) is 6.12. The van der Waals surface area contributed by atoms with Gasteiger partial charge in [0.25, 0.3) is 0 Å². The number of hydrogen-bond acceptors (Lipinski definition) is 3. The van der Waals surface area contributed by atoms with Gasteiger partial charge in [-0.1, -0.05) is 6.07 Å². The van der Waals surface area contributed by atoms with E-state index in [2.05, 4.69) is 12.1 Å². The highest BCUT2D eigenvalue weighted by atomic mass is 16.5. The average Bonchev–Trinajstić information content (AvgIpc) is 2.96. The third-order valence-electron chi connectivity index (χ3n) is 6.12. The number of anilines is 1. The van der Waals surface area contributed by atoms with E-state index in [1.807, 2.05) is 26.0 Å². The van der Waals surface area contributed by atoms with E-state index in [0.29, 0.717) is 6.42 Å². The molecule has 1 aromatic carbocycles. The fourth-order valence-corrected chi connectivity index (χ4v) is 4.95. The third kappa shape index (κ3) is 3.58. The van der Waals surface area contributed by atoms with Crippen molar-refractivity contribution in [1.82, 2.24) is 0 Å². The Morgan fingerprint density at radius 2 is 1.74 bits per heavy atom. The molecule has 0 spiro atoms. The number of carbonyl (C=O) groups is 2. The van der Waals surface area contributed by atoms with Gasteiger partial charge in [0.05, 0.1) is 24.8 Å². The molecule has 5 heteroatoms. The lowest BCUT2D eigenvalue weighted by Crippen LogP contribution is -3.13. The summed E-state index contributed by atoms with van der Waals surface area (Å²) in [4.78, 5) is 29.0. The minimum Gasteiger partial charge on any atom is -0.370 e. The molecule has 0 radical (unpaired) electrons. The van der Waals surface area contributed by atoms with Crippen LogP contribution in [0.3, 0.4) is 0 Å². The number of imide groups is 1. The normalized spacial score (nSPS) is 27.2. The number of morpholine rings is 1. The molecule has 144 valence electrons. The Morgan fingerprint density at radius 1 is 1.04 bits per heavy atom. The quantitative estimate of drug-likeness (QED) is 0.827. The van der Waals surface area contributed by atoms with Gasteiger partial charge in [-0.25, -0.2) is 0 Å². The maximum Gasteiger partial charge on any atom is 0.238 e. The zero-order valence-electron chi connectivity index (χ0n) is 16.3. The van der Waals surface area contributed by atoms with Gasteiger partial charge in [-0.05, 0) is 62.4 Å². The Bertz CT molecular complexity index is 760. The number of rotatable bonds is 3. The molecule has 4 rings (SSSR count). The van der Waals surface area contributed by atoms with Gasteiger partial charge in [-0.3, -0.25) is 14.5 Å². The zero-order valence-corrected chi connectivity index (χ0v) is 16.3. The van der Waals surface area contributed by atoms with Crippen LogP contribution in [-0.4, -0.2) is 38.1 Å². The van der Waals surface area contributed by atoms with Crippen molar-refractivity contribution >= 4 is 17.5 Å². The number of allylic oxidation sites excluding steroid dienone is 2. The lowest BCUT2D eigenvalue weighted by molar-refractivity contribution is -0.874. The molecular weight excluding hydrogens is 340 g/mol. The lowest BCUT2D eigenvalue weighted by Gasteiger charge is -2.34. The van der Waals surface area contributed by atoms with E-state index in [1.165, 1.54) is 15.5 Å². The number of benzene rings is 1. The van der Waals surface area contributed by atoms with Gasteiger partial charge in [0.2, 0.25) is 11.8 Å². The summed E-state index contributed by atoms with van der Waals surface area (Å²) in [5.41, 5.74) is 4.22. The SMILES string of the molecule is Cc1cc(C)cc(N2C(=O)C[C@@H]([C@H]3CCCC=C3[NH+]3CCOCC3)C2=O)c1. The van der Waals surface area contributed by atoms with E-state index in [1.54, 1.807) is 0 Å². The van der Waals surface area contributed by atoms with E-state index in [0.717, 1.165) is 62.4 Å². The first-order valence-corrected chi connectivity index (χ1v) is 10.1. The largest absolute Gasteiger partial charge is 0.370 e. The van der Waals surface area contributed by atoms with E-state index in [-0.39, 0.29) is 23.7 Å². The molecule has 0 bridgehead atoms. The maximum absolute atomic E-state index is 13.3. The second-order valence-electron chi connectivity index (χ2n) is 8.14. The number of nitrogens with zero attached hydrogens (tertiary/aromatic N) is 1. The standard InChI is InChI=1S/C22H28N2O3/c1-15-11-16(2)13-17(12-15)24-21(25)14-19(22(24)26)18-5-3-4-6-20(18)23-7-9-27-10-8-23/h6,11-13,18-19H,3-5,7-10,14H2,1-2H3/p+1/t18-,19+/m1/s1. The smallest absolute Gasteiger partial charge is 0.238 e. The van der Waals surface area contributed by atoms with E-state index in [4.69, 9.17) is 4.74 Å². The number of carbonyl (C=O) groups excluding carboxylic acids is 2. The van der Waals surface area contributed by atoms with Gasteiger partial charge in [0.15, 0.2) is 0 Å². The van der Waals surface area contributed by atoms with Crippen LogP contribution in [0, 0.1) is 25.7 Å². The van der Waals surface area contributed by atoms with E-state index < -0.39 is 0 Å². The van der Waals surface area contributed by atoms with Crippen molar-refractivity contribution in [2.24, 2.45) is 11.8 Å². The van der Waals surface area contributed by atoms with Crippen LogP contribution in [0.2, 0.25) is 0 Å². The fourth-order valence-electron chi connectivity index (χ4n) is 4.95. The highest BCUT2D eigenvalue weighted by Gasteiger charge is 2.47. The first-order chi connectivity index (χ1) is 13.0. The predicted molar refractivity (Wildman–Crippen MR) is 103 cm³/mol. The minimum atomic E-state index is -0.222. The van der Waals surface area contributed by atoms with Crippen LogP contribution in [0.25, 0.3) is 0 Å². The molecule has 2 amide bonds. The summed E-state index contributed by atoms with van der Waals surface area (Å²) in [6, 6.07) is 5.95. The van der Waals surface area contributed by atoms with E-state index >= 15 is 0 Å². The van der Waals surface area contributed by atoms with E-state index in [9.17, 15) is 9.59 Å². The number of hydrogen-bond donors (Lipinski definition) is 1. The van der Waals surface area contributed by atoms with Gasteiger partial charge in [-0.2, -0.15) is 0 Å². The number of amides is 2. The van der Waals surface area contributed by atoms with Crippen molar-refractivity contribution in [3.63, 3.8) is 0 Å². The monoisotopic (exact) mass is 369 g/mol. The van der Waals surface area contributed by atoms with Crippen molar-refractivity contribution in [1.29, 1.82) is 0 Å². The number of ether oxygens (including phenoxy) is 1. The summed E-state index contributed by atoms with van der Waals surface area (Å²) >= 11 is 0. The van der Waals surface area contributed by atoms with Crippen LogP contribution in [0.1, 0.15) is 36.8 Å². The molecule has 5 nitrogen and oxygen atoms in total. The molecule has 2 fully saturated rings. The first kappa shape index (κ1) is 18.4. The molecule has 2 heterocycles. The van der Waals surface area contributed by atoms with Gasteiger partial charge < -0.3 is 9.64 Å². The number of aryl methyl sites for hydroxylation is 2. The summed E-state index contributed by atoms with van der Waals surface area (Å²) in [6.07, 6.45) is 5.83. The first-order valence-electron chi connectivity index (χ1n) is 10.1. The highest BCUT2D eigenvalue weighted by Crippen LogP contribution is 2.37. The van der Waals surface area contributed by atoms with Crippen LogP contribution < -0.4 is 9.80 Å². The molecule has 2 saturated heterocycles. The number of nitrogens with one attached hydrogen (secondary N) is 1. The van der Waals surface area contributed by atoms with Gasteiger partial charge in [-0.15, -0.1) is 0 Å². The summed E-state index contributed by atoms with van der Waals surface area (Å²) in [5.74, 6) is -0.119. The van der Waals surface area contributed by atoms with Crippen molar-refractivity contribution in [2.45, 2.75) is 39.5 Å². The molecule has 0 aromatic heterocycles. The molecule has 3 aliphatic rings. The summed E-state index contributed by atoms with van der Waals surface area (Å²) in [5, 5.41) is 0. The lowest BCUT2D eigenvalue weighted by atomic mass is 9.80. The Labute approximate surface area is 161 Å². The fraction of sp³-hybridized carbons (Fsp3) is 0.545. The van der Waals surface area contributed by atoms with Crippen LogP contribution in [-0.2, 0) is 14.3 Å². The molecule has 2 aliphatic heterocycles. The molecule has 27 heavy (non-hydrogen) atoms. The Hall–Kier alpha value is -1.98. The number of quaternary nitrogens is 1. The molecule has 0 unspecified atom stereocenters. The highest BCUT2D eigenvalue weighted by molar-refractivity contribution is 6.21. The zero-order chi connectivity index (χ0) is 19.0. The Kier molecular flexibility index (Phi) is 5.15. The molecular formula is C22H29N2O3+. The predicted octanol–water partition coefficient (Wildman–Crippen LogP) is 1.78. The van der Waals surface area contributed by atoms with Crippen molar-refractivity contribution in [3.8, 4) is 0 Å². The van der Waals surface area contributed by atoms with Crippen molar-refractivity contribution in [2.75, 3.05) is 31.2 Å². The second-order valence-corrected chi connectivity index (χ2v) is 8.14. The minimum absolute atomic E-state index is 0.0181. The van der Waals surface area contributed by atoms with Gasteiger partial charge in [0, 0.05) is 12.3 Å². The Balaban J connectivity index is 1.60. The summed E-state index contributed by atoms with van der Waals surface area (Å²) in [7, 11) is 0.